The summed E-state index contributed by atoms with van der Waals surface area (Å²) < 4.78 is 4.90. The quantitative estimate of drug-likeness (QED) is 0.717. The fourth-order valence-electron chi connectivity index (χ4n) is 2.97. The Morgan fingerprint density at radius 1 is 1.11 bits per heavy atom. The second-order valence-electron chi connectivity index (χ2n) is 5.78. The lowest BCUT2D eigenvalue weighted by atomic mass is 9.91. The number of urea groups is 2. The average molecular weight is 367 g/mol. The van der Waals surface area contributed by atoms with E-state index < -0.39 is 24.1 Å². The molecule has 0 aliphatic carbocycles. The van der Waals surface area contributed by atoms with Crippen LogP contribution in [-0.4, -0.2) is 35.1 Å². The van der Waals surface area contributed by atoms with Gasteiger partial charge in [0.1, 0.15) is 11.8 Å². The highest BCUT2D eigenvalue weighted by molar-refractivity contribution is 6.08. The Labute approximate surface area is 154 Å². The van der Waals surface area contributed by atoms with Crippen molar-refractivity contribution in [2.45, 2.75) is 6.04 Å². The maximum absolute atomic E-state index is 12.6. The van der Waals surface area contributed by atoms with Crippen LogP contribution in [0.1, 0.15) is 17.2 Å². The highest BCUT2D eigenvalue weighted by atomic mass is 16.5. The number of carbonyl (C=O) groups excluding carboxylic acids is 3. The number of esters is 1. The van der Waals surface area contributed by atoms with Crippen LogP contribution in [0.25, 0.3) is 5.70 Å². The minimum Gasteiger partial charge on any atom is -0.508 e. The predicted octanol–water partition coefficient (Wildman–Crippen LogP) is 2.12. The maximum Gasteiger partial charge on any atom is 0.338 e. The van der Waals surface area contributed by atoms with E-state index in [-0.39, 0.29) is 17.0 Å². The molecule has 2 aromatic rings. The van der Waals surface area contributed by atoms with Crippen molar-refractivity contribution in [3.63, 3.8) is 0 Å². The van der Waals surface area contributed by atoms with Gasteiger partial charge in [-0.25, -0.2) is 19.3 Å². The van der Waals surface area contributed by atoms with Gasteiger partial charge in [0.15, 0.2) is 0 Å². The molecular weight excluding hydrogens is 350 g/mol. The highest BCUT2D eigenvalue weighted by Gasteiger charge is 2.42. The number of nitrogens with two attached hydrogens (primary N) is 1. The van der Waals surface area contributed by atoms with Gasteiger partial charge in [0.2, 0.25) is 0 Å². The van der Waals surface area contributed by atoms with Crippen molar-refractivity contribution in [1.82, 2.24) is 10.2 Å². The molecule has 0 bridgehead atoms. The second kappa shape index (κ2) is 7.20. The summed E-state index contributed by atoms with van der Waals surface area (Å²) in [6.45, 7) is 0. The number of phenols is 1. The normalized spacial score (nSPS) is 16.7. The van der Waals surface area contributed by atoms with E-state index in [0.29, 0.717) is 11.1 Å². The first-order chi connectivity index (χ1) is 12.9. The number of hydrogen-bond acceptors (Lipinski definition) is 5. The smallest absolute Gasteiger partial charge is 0.338 e. The van der Waals surface area contributed by atoms with E-state index in [1.54, 1.807) is 30.3 Å². The Bertz CT molecular complexity index is 922. The molecule has 1 aliphatic heterocycles. The molecule has 0 saturated carbocycles. The summed E-state index contributed by atoms with van der Waals surface area (Å²) in [7, 11) is 1.21. The van der Waals surface area contributed by atoms with Gasteiger partial charge in [-0.15, -0.1) is 0 Å². The molecule has 0 fully saturated rings. The Kier molecular flexibility index (Phi) is 4.80. The van der Waals surface area contributed by atoms with E-state index in [2.05, 4.69) is 5.32 Å². The third kappa shape index (κ3) is 3.32. The number of primary amides is 1. The van der Waals surface area contributed by atoms with Gasteiger partial charge in [-0.3, -0.25) is 0 Å². The number of nitrogens with one attached hydrogen (secondary N) is 1. The zero-order valence-corrected chi connectivity index (χ0v) is 14.4. The second-order valence-corrected chi connectivity index (χ2v) is 5.78. The molecule has 0 radical (unpaired) electrons. The molecule has 2 aromatic carbocycles. The van der Waals surface area contributed by atoms with Gasteiger partial charge < -0.3 is 20.9 Å². The summed E-state index contributed by atoms with van der Waals surface area (Å²) in [4.78, 5) is 37.9. The lowest BCUT2D eigenvalue weighted by Crippen LogP contribution is -2.53. The van der Waals surface area contributed by atoms with Gasteiger partial charge in [-0.1, -0.05) is 42.5 Å². The van der Waals surface area contributed by atoms with Crippen LogP contribution in [0.3, 0.4) is 0 Å². The van der Waals surface area contributed by atoms with Crippen LogP contribution in [0.15, 0.2) is 60.2 Å². The zero-order valence-electron chi connectivity index (χ0n) is 14.4. The molecule has 138 valence electrons. The lowest BCUT2D eigenvalue weighted by Gasteiger charge is -2.36. The van der Waals surface area contributed by atoms with Crippen molar-refractivity contribution >= 4 is 23.7 Å². The first-order valence-corrected chi connectivity index (χ1v) is 8.00. The van der Waals surface area contributed by atoms with Crippen LogP contribution in [0, 0.1) is 0 Å². The third-order valence-electron chi connectivity index (χ3n) is 4.17. The summed E-state index contributed by atoms with van der Waals surface area (Å²) in [5.41, 5.74) is 6.66. The summed E-state index contributed by atoms with van der Waals surface area (Å²) in [5, 5.41) is 12.1. The topological polar surface area (TPSA) is 122 Å². The number of carbonyl (C=O) groups is 3. The molecule has 1 heterocycles. The zero-order chi connectivity index (χ0) is 19.6. The summed E-state index contributed by atoms with van der Waals surface area (Å²) in [6, 6.07) is 11.6. The number of ether oxygens (including phenoxy) is 1. The molecule has 0 spiro atoms. The Hall–Kier alpha value is -3.81. The van der Waals surface area contributed by atoms with Gasteiger partial charge >= 0.3 is 18.0 Å². The number of amides is 4. The molecule has 0 aromatic heterocycles. The number of aromatic hydroxyl groups is 1. The Morgan fingerprint density at radius 3 is 2.30 bits per heavy atom. The monoisotopic (exact) mass is 367 g/mol. The minimum atomic E-state index is -1.11. The van der Waals surface area contributed by atoms with Crippen molar-refractivity contribution in [3.8, 4) is 5.75 Å². The molecule has 8 heteroatoms. The summed E-state index contributed by atoms with van der Waals surface area (Å²) in [6.07, 6.45) is 0. The van der Waals surface area contributed by atoms with Crippen molar-refractivity contribution in [3.05, 3.63) is 71.3 Å². The highest BCUT2D eigenvalue weighted by Crippen LogP contribution is 2.37. The van der Waals surface area contributed by atoms with E-state index in [4.69, 9.17) is 10.5 Å². The van der Waals surface area contributed by atoms with Crippen LogP contribution >= 0.6 is 0 Å². The van der Waals surface area contributed by atoms with Gasteiger partial charge in [0.05, 0.1) is 18.4 Å². The van der Waals surface area contributed by atoms with Crippen LogP contribution in [0.2, 0.25) is 0 Å². The fourth-order valence-corrected chi connectivity index (χ4v) is 2.97. The van der Waals surface area contributed by atoms with E-state index in [0.717, 1.165) is 4.90 Å². The number of nitrogens with zero attached hydrogens (tertiary/aromatic N) is 1. The molecule has 0 saturated heterocycles. The van der Waals surface area contributed by atoms with Gasteiger partial charge in [0.25, 0.3) is 0 Å². The number of methoxy groups -OCH3 is 1. The van der Waals surface area contributed by atoms with Crippen LogP contribution in [-0.2, 0) is 9.53 Å². The van der Waals surface area contributed by atoms with Gasteiger partial charge in [-0.2, -0.15) is 0 Å². The van der Waals surface area contributed by atoms with Gasteiger partial charge in [0, 0.05) is 0 Å². The number of benzene rings is 2. The van der Waals surface area contributed by atoms with E-state index in [9.17, 15) is 19.5 Å². The molecular formula is C19H17N3O5. The molecule has 1 atom stereocenters. The van der Waals surface area contributed by atoms with E-state index >= 15 is 0 Å². The first kappa shape index (κ1) is 18.0. The van der Waals surface area contributed by atoms with Crippen LogP contribution in [0.5, 0.6) is 5.75 Å². The molecule has 4 N–H and O–H groups in total. The van der Waals surface area contributed by atoms with Crippen LogP contribution < -0.4 is 11.1 Å². The van der Waals surface area contributed by atoms with Gasteiger partial charge in [-0.05, 0) is 23.3 Å². The molecule has 27 heavy (non-hydrogen) atoms. The van der Waals surface area contributed by atoms with E-state index in [1.165, 1.54) is 31.4 Å². The third-order valence-corrected chi connectivity index (χ3v) is 4.17. The van der Waals surface area contributed by atoms with Crippen molar-refractivity contribution in [1.29, 1.82) is 0 Å². The molecule has 3 rings (SSSR count). The van der Waals surface area contributed by atoms with Crippen molar-refractivity contribution in [2.75, 3.05) is 7.11 Å². The Morgan fingerprint density at radius 2 is 1.74 bits per heavy atom. The molecule has 8 nitrogen and oxygen atoms in total. The van der Waals surface area contributed by atoms with Crippen LogP contribution in [0.4, 0.5) is 9.59 Å². The molecule has 1 unspecified atom stereocenters. The standard InChI is InChI=1S/C19H17N3O5/c1-27-17(24)14-15(11-5-3-2-4-6-11)21-19(26)22(18(20)25)16(14)12-7-9-13(23)10-8-12/h2-10,16,23H,1H3,(H2,20,25)(H,21,26). The summed E-state index contributed by atoms with van der Waals surface area (Å²) >= 11 is 0. The largest absolute Gasteiger partial charge is 0.508 e. The fraction of sp³-hybridized carbons (Fsp3) is 0.105. The van der Waals surface area contributed by atoms with Crippen molar-refractivity contribution in [2.24, 2.45) is 5.73 Å². The average Bonchev–Trinajstić information content (AvgIpc) is 2.67. The maximum atomic E-state index is 12.6. The van der Waals surface area contributed by atoms with Crippen molar-refractivity contribution < 1.29 is 24.2 Å². The van der Waals surface area contributed by atoms with E-state index in [1.807, 2.05) is 0 Å². The molecule has 4 amide bonds. The lowest BCUT2D eigenvalue weighted by molar-refractivity contribution is -0.136. The summed E-state index contributed by atoms with van der Waals surface area (Å²) in [5.74, 6) is -0.727. The predicted molar refractivity (Wildman–Crippen MR) is 96.2 cm³/mol. The number of rotatable bonds is 3. The Balaban J connectivity index is 2.29. The number of imide groups is 1. The molecule has 1 aliphatic rings. The minimum absolute atomic E-state index is 0.00323. The number of hydrogen-bond donors (Lipinski definition) is 3. The first-order valence-electron chi connectivity index (χ1n) is 8.00. The number of phenolic OH excluding ortho intramolecular Hbond substituents is 1. The SMILES string of the molecule is COC(=O)C1=C(c2ccccc2)NC(=O)N(C(N)=O)C1c1ccc(O)cc1.